The Balaban J connectivity index is 1.90. The number of carboxylic acid groups (broad SMARTS) is 1. The molecule has 0 aromatic heterocycles. The van der Waals surface area contributed by atoms with Crippen molar-refractivity contribution in [2.75, 3.05) is 6.54 Å². The summed E-state index contributed by atoms with van der Waals surface area (Å²) in [5.74, 6) is -1.17. The molecule has 136 valence electrons. The van der Waals surface area contributed by atoms with Crippen LogP contribution in [-0.4, -0.2) is 39.9 Å². The molecule has 2 rings (SSSR count). The van der Waals surface area contributed by atoms with Crippen LogP contribution in [0.2, 0.25) is 0 Å². The normalized spacial score (nSPS) is 15.6. The molecule has 0 unspecified atom stereocenters. The van der Waals surface area contributed by atoms with Gasteiger partial charge in [-0.15, -0.1) is 0 Å². The first-order chi connectivity index (χ1) is 11.9. The Hall–Kier alpha value is -2.37. The molecule has 25 heavy (non-hydrogen) atoms. The van der Waals surface area contributed by atoms with Gasteiger partial charge in [0.05, 0.1) is 12.0 Å². The molecule has 0 radical (unpaired) electrons. The molecular formula is C19H26N2O4. The summed E-state index contributed by atoms with van der Waals surface area (Å²) in [4.78, 5) is 36.9. The molecule has 1 aromatic carbocycles. The molecule has 0 aliphatic heterocycles. The van der Waals surface area contributed by atoms with E-state index >= 15 is 0 Å². The standard InChI is InChI=1S/C19H26N2O4/c1-15(22)21(14-16-7-3-2-4-8-16)12-9-17(23)20-19(13-18(24)25)10-5-6-11-19/h2-4,7-8H,5-6,9-14H2,1H3,(H,20,23)(H,24,25). The number of carbonyl (C=O) groups excluding carboxylic acids is 2. The van der Waals surface area contributed by atoms with Gasteiger partial charge in [0.25, 0.3) is 0 Å². The molecule has 1 aliphatic rings. The summed E-state index contributed by atoms with van der Waals surface area (Å²) in [6, 6.07) is 9.62. The molecule has 1 saturated carbocycles. The van der Waals surface area contributed by atoms with E-state index in [0.717, 1.165) is 18.4 Å². The van der Waals surface area contributed by atoms with Crippen molar-refractivity contribution < 1.29 is 19.5 Å². The molecule has 0 heterocycles. The highest BCUT2D eigenvalue weighted by Gasteiger charge is 2.37. The molecule has 0 saturated heterocycles. The molecule has 6 heteroatoms. The molecule has 6 nitrogen and oxygen atoms in total. The zero-order chi connectivity index (χ0) is 18.3. The first kappa shape index (κ1) is 19.0. The van der Waals surface area contributed by atoms with Crippen LogP contribution in [0.5, 0.6) is 0 Å². The third kappa shape index (κ3) is 5.89. The van der Waals surface area contributed by atoms with E-state index in [4.69, 9.17) is 5.11 Å². The van der Waals surface area contributed by atoms with Crippen molar-refractivity contribution in [3.05, 3.63) is 35.9 Å². The fourth-order valence-corrected chi connectivity index (χ4v) is 3.43. The quantitative estimate of drug-likeness (QED) is 0.756. The van der Waals surface area contributed by atoms with Gasteiger partial charge in [0, 0.05) is 26.4 Å². The Labute approximate surface area is 148 Å². The lowest BCUT2D eigenvalue weighted by atomic mass is 9.93. The second-order valence-corrected chi connectivity index (χ2v) is 6.78. The number of hydrogen-bond acceptors (Lipinski definition) is 3. The number of amides is 2. The van der Waals surface area contributed by atoms with Crippen molar-refractivity contribution in [3.63, 3.8) is 0 Å². The predicted molar refractivity (Wildman–Crippen MR) is 93.7 cm³/mol. The molecule has 2 N–H and O–H groups in total. The lowest BCUT2D eigenvalue weighted by Gasteiger charge is -2.29. The smallest absolute Gasteiger partial charge is 0.305 e. The maximum Gasteiger partial charge on any atom is 0.305 e. The van der Waals surface area contributed by atoms with Gasteiger partial charge >= 0.3 is 5.97 Å². The van der Waals surface area contributed by atoms with Crippen LogP contribution in [-0.2, 0) is 20.9 Å². The average Bonchev–Trinajstić information content (AvgIpc) is 2.99. The van der Waals surface area contributed by atoms with Crippen LogP contribution in [0.25, 0.3) is 0 Å². The molecule has 0 atom stereocenters. The summed E-state index contributed by atoms with van der Waals surface area (Å²) in [6.07, 6.45) is 3.40. The van der Waals surface area contributed by atoms with Gasteiger partial charge in [-0.2, -0.15) is 0 Å². The number of nitrogens with zero attached hydrogens (tertiary/aromatic N) is 1. The minimum atomic E-state index is -0.892. The first-order valence-electron chi connectivity index (χ1n) is 8.72. The van der Waals surface area contributed by atoms with Gasteiger partial charge in [0.15, 0.2) is 0 Å². The number of aliphatic carboxylic acids is 1. The van der Waals surface area contributed by atoms with Gasteiger partial charge in [-0.05, 0) is 18.4 Å². The largest absolute Gasteiger partial charge is 0.481 e. The maximum atomic E-state index is 12.3. The molecule has 0 spiro atoms. The minimum Gasteiger partial charge on any atom is -0.481 e. The first-order valence-corrected chi connectivity index (χ1v) is 8.72. The van der Waals surface area contributed by atoms with E-state index in [9.17, 15) is 14.4 Å². The van der Waals surface area contributed by atoms with Crippen LogP contribution < -0.4 is 5.32 Å². The highest BCUT2D eigenvalue weighted by molar-refractivity contribution is 5.79. The number of hydrogen-bond donors (Lipinski definition) is 2. The molecule has 1 fully saturated rings. The Morgan fingerprint density at radius 1 is 1.16 bits per heavy atom. The number of rotatable bonds is 8. The third-order valence-corrected chi connectivity index (χ3v) is 4.73. The van der Waals surface area contributed by atoms with E-state index < -0.39 is 11.5 Å². The number of nitrogens with one attached hydrogen (secondary N) is 1. The van der Waals surface area contributed by atoms with Gasteiger partial charge in [0.2, 0.25) is 11.8 Å². The van der Waals surface area contributed by atoms with Crippen molar-refractivity contribution in [1.29, 1.82) is 0 Å². The monoisotopic (exact) mass is 346 g/mol. The fraction of sp³-hybridized carbons (Fsp3) is 0.526. The molecule has 0 bridgehead atoms. The van der Waals surface area contributed by atoms with Crippen molar-refractivity contribution >= 4 is 17.8 Å². The summed E-state index contributed by atoms with van der Waals surface area (Å²) >= 11 is 0. The van der Waals surface area contributed by atoms with Crippen LogP contribution >= 0.6 is 0 Å². The summed E-state index contributed by atoms with van der Waals surface area (Å²) in [5, 5.41) is 12.0. The summed E-state index contributed by atoms with van der Waals surface area (Å²) in [6.45, 7) is 2.27. The van der Waals surface area contributed by atoms with E-state index in [2.05, 4.69) is 5.32 Å². The van der Waals surface area contributed by atoms with Crippen LogP contribution in [0.4, 0.5) is 0 Å². The second kappa shape index (κ2) is 8.65. The van der Waals surface area contributed by atoms with E-state index in [1.165, 1.54) is 6.92 Å². The SMILES string of the molecule is CC(=O)N(CCC(=O)NC1(CC(=O)O)CCCC1)Cc1ccccc1. The van der Waals surface area contributed by atoms with E-state index in [1.54, 1.807) is 4.90 Å². The van der Waals surface area contributed by atoms with Gasteiger partial charge in [-0.1, -0.05) is 43.2 Å². The van der Waals surface area contributed by atoms with Crippen LogP contribution in [0.15, 0.2) is 30.3 Å². The van der Waals surface area contributed by atoms with Crippen molar-refractivity contribution in [3.8, 4) is 0 Å². The second-order valence-electron chi connectivity index (χ2n) is 6.78. The van der Waals surface area contributed by atoms with Gasteiger partial charge < -0.3 is 15.3 Å². The minimum absolute atomic E-state index is 0.0425. The Morgan fingerprint density at radius 3 is 2.36 bits per heavy atom. The number of benzene rings is 1. The average molecular weight is 346 g/mol. The summed E-state index contributed by atoms with van der Waals surface area (Å²) in [5.41, 5.74) is 0.389. The molecule has 1 aliphatic carbocycles. The van der Waals surface area contributed by atoms with Crippen molar-refractivity contribution in [2.45, 2.75) is 57.5 Å². The Bertz CT molecular complexity index is 609. The predicted octanol–water partition coefficient (Wildman–Crippen LogP) is 2.33. The molecular weight excluding hydrogens is 320 g/mol. The van der Waals surface area contributed by atoms with Crippen LogP contribution in [0.3, 0.4) is 0 Å². The Kier molecular flexibility index (Phi) is 6.56. The van der Waals surface area contributed by atoms with Gasteiger partial charge in [-0.25, -0.2) is 0 Å². The van der Waals surface area contributed by atoms with Gasteiger partial charge in [0.1, 0.15) is 0 Å². The number of carboxylic acids is 1. The summed E-state index contributed by atoms with van der Waals surface area (Å²) < 4.78 is 0. The highest BCUT2D eigenvalue weighted by atomic mass is 16.4. The highest BCUT2D eigenvalue weighted by Crippen LogP contribution is 2.32. The third-order valence-electron chi connectivity index (χ3n) is 4.73. The Morgan fingerprint density at radius 2 is 1.80 bits per heavy atom. The maximum absolute atomic E-state index is 12.3. The zero-order valence-electron chi connectivity index (χ0n) is 14.7. The molecule has 2 amide bonds. The van der Waals surface area contributed by atoms with Crippen molar-refractivity contribution in [2.24, 2.45) is 0 Å². The van der Waals surface area contributed by atoms with E-state index in [-0.39, 0.29) is 24.7 Å². The van der Waals surface area contributed by atoms with E-state index in [1.807, 2.05) is 30.3 Å². The summed E-state index contributed by atoms with van der Waals surface area (Å²) in [7, 11) is 0. The lowest BCUT2D eigenvalue weighted by molar-refractivity contribution is -0.139. The zero-order valence-corrected chi connectivity index (χ0v) is 14.7. The molecule has 1 aromatic rings. The van der Waals surface area contributed by atoms with Crippen LogP contribution in [0.1, 0.15) is 51.0 Å². The lowest BCUT2D eigenvalue weighted by Crippen LogP contribution is -2.48. The fourth-order valence-electron chi connectivity index (χ4n) is 3.43. The van der Waals surface area contributed by atoms with E-state index in [0.29, 0.717) is 25.9 Å². The topological polar surface area (TPSA) is 86.7 Å². The van der Waals surface area contributed by atoms with Crippen LogP contribution in [0, 0.1) is 0 Å². The van der Waals surface area contributed by atoms with Crippen molar-refractivity contribution in [1.82, 2.24) is 10.2 Å². The number of carbonyl (C=O) groups is 3. The van der Waals surface area contributed by atoms with Gasteiger partial charge in [-0.3, -0.25) is 14.4 Å².